The Morgan fingerprint density at radius 1 is 1.20 bits per heavy atom. The highest BCUT2D eigenvalue weighted by Gasteiger charge is 2.29. The van der Waals surface area contributed by atoms with Gasteiger partial charge >= 0.3 is 0 Å². The Balaban J connectivity index is 1.97. The van der Waals surface area contributed by atoms with Crippen LogP contribution in [0, 0.1) is 5.92 Å². The van der Waals surface area contributed by atoms with E-state index in [0.29, 0.717) is 5.76 Å². The maximum absolute atomic E-state index is 10.0. The van der Waals surface area contributed by atoms with Crippen LogP contribution in [0.15, 0.2) is 22.8 Å². The van der Waals surface area contributed by atoms with E-state index in [-0.39, 0.29) is 5.92 Å². The van der Waals surface area contributed by atoms with Gasteiger partial charge in [-0.15, -0.1) is 0 Å². The molecule has 0 amide bonds. The van der Waals surface area contributed by atoms with E-state index in [9.17, 15) is 10.2 Å². The third-order valence-electron chi connectivity index (χ3n) is 3.29. The summed E-state index contributed by atoms with van der Waals surface area (Å²) in [7, 11) is 0. The summed E-state index contributed by atoms with van der Waals surface area (Å²) >= 11 is 0. The standard InChI is InChI=1S/C12H18O3/c13-11(9-5-2-1-3-6-9)12(14)10-7-4-8-15-10/h4,7-9,11-14H,1-3,5-6H2. The number of aliphatic hydroxyl groups is 2. The summed E-state index contributed by atoms with van der Waals surface area (Å²) < 4.78 is 5.10. The second-order valence-corrected chi connectivity index (χ2v) is 4.35. The van der Waals surface area contributed by atoms with Crippen molar-refractivity contribution in [3.8, 4) is 0 Å². The number of hydrogen-bond acceptors (Lipinski definition) is 3. The highest BCUT2D eigenvalue weighted by atomic mass is 16.4. The van der Waals surface area contributed by atoms with Crippen molar-refractivity contribution in [3.63, 3.8) is 0 Å². The summed E-state index contributed by atoms with van der Waals surface area (Å²) in [5.41, 5.74) is 0. The maximum Gasteiger partial charge on any atom is 0.138 e. The third-order valence-corrected chi connectivity index (χ3v) is 3.29. The molecule has 15 heavy (non-hydrogen) atoms. The van der Waals surface area contributed by atoms with E-state index in [0.717, 1.165) is 25.7 Å². The fraction of sp³-hybridized carbons (Fsp3) is 0.667. The molecule has 0 bridgehead atoms. The minimum Gasteiger partial charge on any atom is -0.466 e. The van der Waals surface area contributed by atoms with Gasteiger partial charge in [-0.3, -0.25) is 0 Å². The summed E-state index contributed by atoms with van der Waals surface area (Å²) in [6.07, 6.45) is 5.56. The molecule has 3 heteroatoms. The lowest BCUT2D eigenvalue weighted by Crippen LogP contribution is -2.29. The van der Waals surface area contributed by atoms with Gasteiger partial charge in [0.15, 0.2) is 0 Å². The zero-order valence-electron chi connectivity index (χ0n) is 8.80. The minimum atomic E-state index is -0.872. The van der Waals surface area contributed by atoms with Crippen LogP contribution >= 0.6 is 0 Å². The number of rotatable bonds is 3. The quantitative estimate of drug-likeness (QED) is 0.804. The molecule has 1 aliphatic rings. The molecule has 2 N–H and O–H groups in total. The lowest BCUT2D eigenvalue weighted by molar-refractivity contribution is -0.0381. The van der Waals surface area contributed by atoms with Crippen molar-refractivity contribution in [2.45, 2.75) is 44.3 Å². The van der Waals surface area contributed by atoms with Gasteiger partial charge in [-0.05, 0) is 30.9 Å². The monoisotopic (exact) mass is 210 g/mol. The Morgan fingerprint density at radius 3 is 2.53 bits per heavy atom. The Hall–Kier alpha value is -0.800. The van der Waals surface area contributed by atoms with Crippen molar-refractivity contribution in [1.82, 2.24) is 0 Å². The molecule has 1 aliphatic carbocycles. The van der Waals surface area contributed by atoms with Crippen molar-refractivity contribution >= 4 is 0 Å². The van der Waals surface area contributed by atoms with Crippen molar-refractivity contribution in [3.05, 3.63) is 24.2 Å². The topological polar surface area (TPSA) is 53.6 Å². The van der Waals surface area contributed by atoms with Crippen LogP contribution in [-0.4, -0.2) is 16.3 Å². The molecule has 1 aromatic heterocycles. The summed E-state index contributed by atoms with van der Waals surface area (Å²) in [6.45, 7) is 0. The van der Waals surface area contributed by atoms with Gasteiger partial charge in [0, 0.05) is 0 Å². The zero-order chi connectivity index (χ0) is 10.7. The highest BCUT2D eigenvalue weighted by molar-refractivity contribution is 5.04. The van der Waals surface area contributed by atoms with Crippen LogP contribution in [0.2, 0.25) is 0 Å². The second kappa shape index (κ2) is 4.81. The smallest absolute Gasteiger partial charge is 0.138 e. The first-order valence-corrected chi connectivity index (χ1v) is 5.68. The largest absolute Gasteiger partial charge is 0.466 e. The third kappa shape index (κ3) is 2.41. The van der Waals surface area contributed by atoms with Crippen LogP contribution in [0.1, 0.15) is 44.0 Å². The zero-order valence-corrected chi connectivity index (χ0v) is 8.80. The number of furan rings is 1. The molecule has 2 atom stereocenters. The van der Waals surface area contributed by atoms with Gasteiger partial charge < -0.3 is 14.6 Å². The molecule has 0 aromatic carbocycles. The maximum atomic E-state index is 10.0. The molecule has 1 fully saturated rings. The van der Waals surface area contributed by atoms with Gasteiger partial charge in [0.1, 0.15) is 11.9 Å². The summed E-state index contributed by atoms with van der Waals surface area (Å²) in [4.78, 5) is 0. The molecule has 1 saturated carbocycles. The van der Waals surface area contributed by atoms with E-state index in [4.69, 9.17) is 4.42 Å². The van der Waals surface area contributed by atoms with Crippen LogP contribution in [0.25, 0.3) is 0 Å². The van der Waals surface area contributed by atoms with Crippen LogP contribution < -0.4 is 0 Å². The first-order valence-electron chi connectivity index (χ1n) is 5.68. The molecule has 2 unspecified atom stereocenters. The first kappa shape index (κ1) is 10.7. The van der Waals surface area contributed by atoms with Gasteiger partial charge in [0.05, 0.1) is 12.4 Å². The van der Waals surface area contributed by atoms with Crippen LogP contribution in [0.4, 0.5) is 0 Å². The Bertz CT molecular complexity index is 275. The summed E-state index contributed by atoms with van der Waals surface area (Å²) in [5.74, 6) is 0.687. The van der Waals surface area contributed by atoms with E-state index in [2.05, 4.69) is 0 Å². The Morgan fingerprint density at radius 2 is 1.93 bits per heavy atom. The van der Waals surface area contributed by atoms with Gasteiger partial charge in [0.2, 0.25) is 0 Å². The molecular formula is C12H18O3. The second-order valence-electron chi connectivity index (χ2n) is 4.35. The molecule has 0 spiro atoms. The molecule has 3 nitrogen and oxygen atoms in total. The van der Waals surface area contributed by atoms with E-state index in [1.807, 2.05) is 0 Å². The average Bonchev–Trinajstić information content (AvgIpc) is 2.82. The van der Waals surface area contributed by atoms with E-state index in [1.54, 1.807) is 12.1 Å². The molecule has 0 aliphatic heterocycles. The predicted molar refractivity (Wildman–Crippen MR) is 56.2 cm³/mol. The van der Waals surface area contributed by atoms with Crippen LogP contribution in [0.3, 0.4) is 0 Å². The van der Waals surface area contributed by atoms with E-state index >= 15 is 0 Å². The summed E-state index contributed by atoms with van der Waals surface area (Å²) in [5, 5.41) is 19.9. The lowest BCUT2D eigenvalue weighted by Gasteiger charge is -2.28. The molecule has 1 aromatic rings. The Kier molecular flexibility index (Phi) is 3.44. The summed E-state index contributed by atoms with van der Waals surface area (Å²) in [6, 6.07) is 3.43. The fourth-order valence-electron chi connectivity index (χ4n) is 2.36. The van der Waals surface area contributed by atoms with Crippen molar-refractivity contribution in [2.24, 2.45) is 5.92 Å². The van der Waals surface area contributed by atoms with Crippen molar-refractivity contribution in [1.29, 1.82) is 0 Å². The van der Waals surface area contributed by atoms with Crippen molar-refractivity contribution in [2.75, 3.05) is 0 Å². The Labute approximate surface area is 89.7 Å². The fourth-order valence-corrected chi connectivity index (χ4v) is 2.36. The van der Waals surface area contributed by atoms with Crippen molar-refractivity contribution < 1.29 is 14.6 Å². The van der Waals surface area contributed by atoms with Gasteiger partial charge in [-0.25, -0.2) is 0 Å². The van der Waals surface area contributed by atoms with Crippen LogP contribution in [-0.2, 0) is 0 Å². The lowest BCUT2D eigenvalue weighted by atomic mass is 9.83. The predicted octanol–water partition coefficient (Wildman–Crippen LogP) is 2.25. The molecular weight excluding hydrogens is 192 g/mol. The first-order chi connectivity index (χ1) is 7.29. The molecule has 0 radical (unpaired) electrons. The molecule has 1 heterocycles. The van der Waals surface area contributed by atoms with Crippen LogP contribution in [0.5, 0.6) is 0 Å². The number of hydrogen-bond donors (Lipinski definition) is 2. The van der Waals surface area contributed by atoms with Gasteiger partial charge in [-0.1, -0.05) is 19.3 Å². The molecule has 2 rings (SSSR count). The van der Waals surface area contributed by atoms with Gasteiger partial charge in [0.25, 0.3) is 0 Å². The number of aliphatic hydroxyl groups excluding tert-OH is 2. The van der Waals surface area contributed by atoms with Gasteiger partial charge in [-0.2, -0.15) is 0 Å². The molecule has 0 saturated heterocycles. The average molecular weight is 210 g/mol. The van der Waals surface area contributed by atoms with E-state index in [1.165, 1.54) is 12.7 Å². The minimum absolute atomic E-state index is 0.221. The molecule has 84 valence electrons. The SMILES string of the molecule is OC(c1ccco1)C(O)C1CCCCC1. The normalized spacial score (nSPS) is 22.5. The highest BCUT2D eigenvalue weighted by Crippen LogP contribution is 2.32. The van der Waals surface area contributed by atoms with E-state index < -0.39 is 12.2 Å².